The van der Waals surface area contributed by atoms with Crippen LogP contribution in [-0.2, 0) is 29.2 Å². The summed E-state index contributed by atoms with van der Waals surface area (Å²) in [5.41, 5.74) is 2.71. The van der Waals surface area contributed by atoms with Crippen molar-refractivity contribution in [3.8, 4) is 11.3 Å². The van der Waals surface area contributed by atoms with E-state index in [2.05, 4.69) is 20.7 Å². The van der Waals surface area contributed by atoms with Crippen LogP contribution in [0, 0.1) is 5.41 Å². The van der Waals surface area contributed by atoms with E-state index in [0.29, 0.717) is 57.9 Å². The third-order valence-corrected chi connectivity index (χ3v) is 7.52. The van der Waals surface area contributed by atoms with Gasteiger partial charge in [0.25, 0.3) is 5.91 Å². The van der Waals surface area contributed by atoms with Gasteiger partial charge in [0.15, 0.2) is 0 Å². The summed E-state index contributed by atoms with van der Waals surface area (Å²) in [4.78, 5) is 28.8. The first-order valence-electron chi connectivity index (χ1n) is 13.3. The number of carbonyl (C=O) groups is 2. The Kier molecular flexibility index (Phi) is 7.64. The number of rotatable bonds is 3. The number of aromatic nitrogens is 5. The number of aryl methyl sites for hydroxylation is 2. The Morgan fingerprint density at radius 3 is 2.70 bits per heavy atom. The van der Waals surface area contributed by atoms with Gasteiger partial charge in [-0.1, -0.05) is 42.0 Å². The number of fused-ring (bicyclic) bond motifs is 2. The molecular formula is C27H35N7O3. The van der Waals surface area contributed by atoms with Gasteiger partial charge < -0.3 is 15.0 Å². The van der Waals surface area contributed by atoms with E-state index in [1.165, 1.54) is 0 Å². The summed E-state index contributed by atoms with van der Waals surface area (Å²) in [6.45, 7) is 5.73. The molecule has 0 radical (unpaired) electrons. The lowest BCUT2D eigenvalue weighted by molar-refractivity contribution is -0.134. The summed E-state index contributed by atoms with van der Waals surface area (Å²) in [7, 11) is 0. The predicted molar refractivity (Wildman–Crippen MR) is 137 cm³/mol. The highest BCUT2D eigenvalue weighted by Crippen LogP contribution is 2.37. The Morgan fingerprint density at radius 1 is 1.11 bits per heavy atom. The molecule has 0 saturated carbocycles. The van der Waals surface area contributed by atoms with Crippen LogP contribution in [0.25, 0.3) is 11.3 Å². The van der Waals surface area contributed by atoms with Gasteiger partial charge in [0, 0.05) is 38.3 Å². The first kappa shape index (κ1) is 25.1. The molecule has 10 nitrogen and oxygen atoms in total. The Hall–Kier alpha value is -3.53. The molecule has 0 aliphatic carbocycles. The molecule has 1 fully saturated rings. The molecule has 10 heteroatoms. The summed E-state index contributed by atoms with van der Waals surface area (Å²) >= 11 is 0. The van der Waals surface area contributed by atoms with Gasteiger partial charge in [-0.2, -0.15) is 5.10 Å². The molecule has 0 unspecified atom stereocenters. The number of likely N-dealkylation sites (tertiary alicyclic amines) is 1. The number of hydrogen-bond donors (Lipinski definition) is 1. The minimum absolute atomic E-state index is 0.0249. The van der Waals surface area contributed by atoms with Crippen LogP contribution in [-0.4, -0.2) is 67.7 Å². The highest BCUT2D eigenvalue weighted by atomic mass is 16.5. The molecule has 2 aromatic heterocycles. The quantitative estimate of drug-likeness (QED) is 0.587. The standard InChI is InChI=1S/C27H35N7O3/c1-2-34-24(18-23(30-34)21-8-4-3-5-9-21)25(35)32-15-11-27(12-16-32)10-6-7-14-33-19-22(29-31-33)20-37-17-13-28-26(27)36/h3-5,8-9,18-19H,2,6-7,10-17,20H2,1H3,(H,28,36). The second-order valence-corrected chi connectivity index (χ2v) is 9.91. The molecule has 37 heavy (non-hydrogen) atoms. The van der Waals surface area contributed by atoms with Gasteiger partial charge in [-0.05, 0) is 38.7 Å². The molecule has 2 aliphatic rings. The van der Waals surface area contributed by atoms with E-state index >= 15 is 0 Å². The van der Waals surface area contributed by atoms with Crippen molar-refractivity contribution in [1.29, 1.82) is 0 Å². The number of ether oxygens (including phenoxy) is 1. The van der Waals surface area contributed by atoms with Crippen molar-refractivity contribution in [1.82, 2.24) is 35.0 Å². The van der Waals surface area contributed by atoms with Gasteiger partial charge in [-0.3, -0.25) is 19.0 Å². The Morgan fingerprint density at radius 2 is 1.92 bits per heavy atom. The van der Waals surface area contributed by atoms with Gasteiger partial charge in [0.2, 0.25) is 5.91 Å². The lowest BCUT2D eigenvalue weighted by Crippen LogP contribution is -2.51. The minimum atomic E-state index is -0.478. The van der Waals surface area contributed by atoms with Crippen molar-refractivity contribution in [2.45, 2.75) is 58.7 Å². The van der Waals surface area contributed by atoms with E-state index < -0.39 is 5.41 Å². The maximum Gasteiger partial charge on any atom is 0.272 e. The first-order chi connectivity index (χ1) is 18.1. The van der Waals surface area contributed by atoms with E-state index in [0.717, 1.165) is 42.8 Å². The normalized spacial score (nSPS) is 18.8. The fraction of sp³-hybridized carbons (Fsp3) is 0.519. The molecule has 0 atom stereocenters. The lowest BCUT2D eigenvalue weighted by Gasteiger charge is -2.41. The van der Waals surface area contributed by atoms with Crippen molar-refractivity contribution in [3.63, 3.8) is 0 Å². The molecule has 5 rings (SSSR count). The average Bonchev–Trinajstić information content (AvgIpc) is 3.58. The molecule has 4 heterocycles. The zero-order valence-electron chi connectivity index (χ0n) is 21.4. The largest absolute Gasteiger partial charge is 0.373 e. The summed E-state index contributed by atoms with van der Waals surface area (Å²) in [5.74, 6) is 0.0464. The lowest BCUT2D eigenvalue weighted by atomic mass is 9.73. The van der Waals surface area contributed by atoms with Crippen molar-refractivity contribution in [2.75, 3.05) is 26.2 Å². The average molecular weight is 506 g/mol. The van der Waals surface area contributed by atoms with Crippen LogP contribution in [0.1, 0.15) is 55.2 Å². The van der Waals surface area contributed by atoms with Crippen LogP contribution in [0.4, 0.5) is 0 Å². The molecule has 1 saturated heterocycles. The highest BCUT2D eigenvalue weighted by Gasteiger charge is 2.42. The third-order valence-electron chi connectivity index (χ3n) is 7.52. The number of amides is 2. The van der Waals surface area contributed by atoms with E-state index in [-0.39, 0.29) is 11.8 Å². The van der Waals surface area contributed by atoms with Crippen LogP contribution in [0.2, 0.25) is 0 Å². The van der Waals surface area contributed by atoms with E-state index in [4.69, 9.17) is 4.74 Å². The zero-order valence-corrected chi connectivity index (χ0v) is 21.4. The number of benzene rings is 1. The zero-order chi connectivity index (χ0) is 25.7. The fourth-order valence-corrected chi connectivity index (χ4v) is 5.32. The van der Waals surface area contributed by atoms with Crippen LogP contribution in [0.15, 0.2) is 42.6 Å². The molecule has 1 aromatic carbocycles. The molecule has 2 aliphatic heterocycles. The highest BCUT2D eigenvalue weighted by molar-refractivity contribution is 5.94. The monoisotopic (exact) mass is 505 g/mol. The van der Waals surface area contributed by atoms with Gasteiger partial charge in [0.1, 0.15) is 11.4 Å². The van der Waals surface area contributed by atoms with Gasteiger partial charge in [0.05, 0.1) is 30.5 Å². The number of nitrogens with zero attached hydrogens (tertiary/aromatic N) is 6. The molecule has 2 amide bonds. The van der Waals surface area contributed by atoms with E-state index in [9.17, 15) is 9.59 Å². The number of nitrogens with one attached hydrogen (secondary N) is 1. The van der Waals surface area contributed by atoms with Crippen molar-refractivity contribution in [3.05, 3.63) is 54.0 Å². The topological polar surface area (TPSA) is 107 Å². The van der Waals surface area contributed by atoms with Crippen molar-refractivity contribution < 1.29 is 14.3 Å². The van der Waals surface area contributed by atoms with E-state index in [1.54, 1.807) is 4.68 Å². The van der Waals surface area contributed by atoms with Crippen LogP contribution in [0.3, 0.4) is 0 Å². The Balaban J connectivity index is 1.27. The van der Waals surface area contributed by atoms with Crippen molar-refractivity contribution in [2.24, 2.45) is 5.41 Å². The SMILES string of the molecule is CCn1nc(-c2ccccc2)cc1C(=O)N1CCC2(CCCCn3cc(nn3)COCCNC2=O)CC1. The van der Waals surface area contributed by atoms with Crippen molar-refractivity contribution >= 4 is 11.8 Å². The van der Waals surface area contributed by atoms with Crippen LogP contribution >= 0.6 is 0 Å². The summed E-state index contributed by atoms with van der Waals surface area (Å²) in [5, 5.41) is 16.1. The molecule has 3 aromatic rings. The second-order valence-electron chi connectivity index (χ2n) is 9.91. The Labute approximate surface area is 217 Å². The third kappa shape index (κ3) is 5.58. The maximum absolute atomic E-state index is 13.5. The second kappa shape index (κ2) is 11.2. The van der Waals surface area contributed by atoms with Crippen LogP contribution in [0.5, 0.6) is 0 Å². The number of piperidine rings is 1. The molecule has 1 N–H and O–H groups in total. The van der Waals surface area contributed by atoms with Gasteiger partial charge in [-0.15, -0.1) is 5.10 Å². The van der Waals surface area contributed by atoms with E-state index in [1.807, 2.05) is 59.1 Å². The van der Waals surface area contributed by atoms with Gasteiger partial charge in [-0.25, -0.2) is 0 Å². The summed E-state index contributed by atoms with van der Waals surface area (Å²) in [6, 6.07) is 11.8. The summed E-state index contributed by atoms with van der Waals surface area (Å²) < 4.78 is 9.28. The number of hydrogen-bond acceptors (Lipinski definition) is 6. The molecule has 196 valence electrons. The molecular weight excluding hydrogens is 470 g/mol. The predicted octanol–water partition coefficient (Wildman–Crippen LogP) is 2.90. The van der Waals surface area contributed by atoms with Gasteiger partial charge >= 0.3 is 0 Å². The molecule has 1 spiro atoms. The Bertz CT molecular complexity index is 1210. The molecule has 2 bridgehead atoms. The smallest absolute Gasteiger partial charge is 0.272 e. The number of carbonyl (C=O) groups excluding carboxylic acids is 2. The minimum Gasteiger partial charge on any atom is -0.373 e. The fourth-order valence-electron chi connectivity index (χ4n) is 5.32. The summed E-state index contributed by atoms with van der Waals surface area (Å²) in [6.07, 6.45) is 5.83. The maximum atomic E-state index is 13.5. The van der Waals surface area contributed by atoms with Crippen LogP contribution < -0.4 is 5.32 Å². The first-order valence-corrected chi connectivity index (χ1v) is 13.3.